The van der Waals surface area contributed by atoms with E-state index < -0.39 is 0 Å². The number of thioether (sulfide) groups is 2. The maximum atomic E-state index is 12.1. The Balaban J connectivity index is 1.84. The molecular weight excluding hydrogens is 402 g/mol. The van der Waals surface area contributed by atoms with Crippen LogP contribution in [0, 0.1) is 0 Å². The van der Waals surface area contributed by atoms with Gasteiger partial charge in [-0.15, -0.1) is 0 Å². The molecule has 3 rings (SSSR count). The summed E-state index contributed by atoms with van der Waals surface area (Å²) in [6, 6.07) is 13.4. The summed E-state index contributed by atoms with van der Waals surface area (Å²) in [4.78, 5) is 16.5. The zero-order valence-corrected chi connectivity index (χ0v) is 17.3. The lowest BCUT2D eigenvalue weighted by Crippen LogP contribution is -1.99. The van der Waals surface area contributed by atoms with Crippen molar-refractivity contribution in [2.24, 2.45) is 4.99 Å². The average molecular weight is 420 g/mol. The summed E-state index contributed by atoms with van der Waals surface area (Å²) in [5, 5.41) is 0.354. The Morgan fingerprint density at radius 3 is 2.74 bits per heavy atom. The van der Waals surface area contributed by atoms with Gasteiger partial charge in [0.15, 0.2) is 11.5 Å². The number of hydrogen-bond acceptors (Lipinski definition) is 6. The topological polar surface area (TPSA) is 47.9 Å². The third kappa shape index (κ3) is 5.09. The minimum absolute atomic E-state index is 0.0644. The van der Waals surface area contributed by atoms with Gasteiger partial charge in [-0.05, 0) is 46.9 Å². The fraction of sp³-hybridized carbons (Fsp3) is 0.200. The van der Waals surface area contributed by atoms with Gasteiger partial charge >= 0.3 is 0 Å². The quantitative estimate of drug-likeness (QED) is 0.566. The number of hydrogen-bond donors (Lipinski definition) is 0. The van der Waals surface area contributed by atoms with Gasteiger partial charge in [-0.2, -0.15) is 0 Å². The fourth-order valence-electron chi connectivity index (χ4n) is 2.43. The molecule has 1 heterocycles. The fourth-order valence-corrected chi connectivity index (χ4v) is 4.44. The van der Waals surface area contributed by atoms with Crippen molar-refractivity contribution >= 4 is 50.7 Å². The average Bonchev–Trinajstić information content (AvgIpc) is 3.00. The smallest absolute Gasteiger partial charge is 0.244 e. The van der Waals surface area contributed by atoms with E-state index in [1.54, 1.807) is 37.1 Å². The number of methoxy groups -OCH3 is 1. The van der Waals surface area contributed by atoms with E-state index >= 15 is 0 Å². The highest BCUT2D eigenvalue weighted by Crippen LogP contribution is 2.38. The molecule has 140 valence electrons. The molecule has 27 heavy (non-hydrogen) atoms. The van der Waals surface area contributed by atoms with Gasteiger partial charge in [-0.1, -0.05) is 60.6 Å². The Labute approximate surface area is 172 Å². The minimum atomic E-state index is -0.0644. The van der Waals surface area contributed by atoms with Crippen molar-refractivity contribution in [1.82, 2.24) is 0 Å². The molecule has 0 unspecified atom stereocenters. The van der Waals surface area contributed by atoms with Crippen molar-refractivity contribution in [3.05, 3.63) is 64.3 Å². The van der Waals surface area contributed by atoms with E-state index in [0.29, 0.717) is 28.8 Å². The molecule has 2 aromatic rings. The van der Waals surface area contributed by atoms with Gasteiger partial charge in [0.05, 0.1) is 12.1 Å². The first-order valence-corrected chi connectivity index (χ1v) is 10.5. The molecule has 0 radical (unpaired) electrons. The summed E-state index contributed by atoms with van der Waals surface area (Å²) >= 11 is 9.13. The van der Waals surface area contributed by atoms with Crippen LogP contribution in [-0.4, -0.2) is 22.4 Å². The molecule has 0 N–H and O–H groups in total. The summed E-state index contributed by atoms with van der Waals surface area (Å²) in [5.41, 5.74) is 2.18. The van der Waals surface area contributed by atoms with E-state index in [1.165, 1.54) is 0 Å². The second-order valence-electron chi connectivity index (χ2n) is 5.54. The highest BCUT2D eigenvalue weighted by molar-refractivity contribution is 8.45. The molecule has 0 bridgehead atoms. The third-order valence-corrected chi connectivity index (χ3v) is 5.82. The van der Waals surface area contributed by atoms with E-state index in [0.717, 1.165) is 33.0 Å². The highest BCUT2D eigenvalue weighted by Gasteiger charge is 2.22. The van der Waals surface area contributed by atoms with Crippen LogP contribution in [-0.2, 0) is 11.4 Å². The molecule has 0 amide bonds. The van der Waals surface area contributed by atoms with Gasteiger partial charge in [-0.25, -0.2) is 4.99 Å². The van der Waals surface area contributed by atoms with Crippen LogP contribution in [0.3, 0.4) is 0 Å². The largest absolute Gasteiger partial charge is 0.493 e. The summed E-state index contributed by atoms with van der Waals surface area (Å²) < 4.78 is 12.1. The predicted octanol–water partition coefficient (Wildman–Crippen LogP) is 5.65. The van der Waals surface area contributed by atoms with Crippen LogP contribution in [0.5, 0.6) is 11.5 Å². The molecule has 0 saturated carbocycles. The third-order valence-electron chi connectivity index (χ3n) is 3.65. The van der Waals surface area contributed by atoms with Gasteiger partial charge < -0.3 is 9.47 Å². The lowest BCUT2D eigenvalue weighted by Gasteiger charge is -2.13. The number of nitrogens with zero attached hydrogens (tertiary/aromatic N) is 1. The molecule has 7 heteroatoms. The van der Waals surface area contributed by atoms with Crippen LogP contribution >= 0.6 is 35.1 Å². The molecule has 2 aromatic carbocycles. The standard InChI is InChI=1S/C20H18ClNO3S2/c1-3-26-20-22-16(19(23)27-20)10-14-9-15(21)18(17(11-14)24-2)25-12-13-7-5-4-6-8-13/h4-11H,3,12H2,1-2H3. The Morgan fingerprint density at radius 2 is 2.04 bits per heavy atom. The Kier molecular flexibility index (Phi) is 6.88. The van der Waals surface area contributed by atoms with Crippen LogP contribution in [0.15, 0.2) is 53.2 Å². The molecule has 0 saturated heterocycles. The van der Waals surface area contributed by atoms with Gasteiger partial charge in [0.25, 0.3) is 0 Å². The van der Waals surface area contributed by atoms with E-state index in [1.807, 2.05) is 37.3 Å². The maximum Gasteiger partial charge on any atom is 0.244 e. The van der Waals surface area contributed by atoms with Gasteiger partial charge in [0.1, 0.15) is 16.7 Å². The lowest BCUT2D eigenvalue weighted by atomic mass is 10.1. The van der Waals surface area contributed by atoms with Crippen LogP contribution < -0.4 is 9.47 Å². The molecule has 1 aliphatic heterocycles. The SMILES string of the molecule is CCSC1=NC(=Cc2cc(Cl)c(OCc3ccccc3)c(OC)c2)C(=O)S1. The Morgan fingerprint density at radius 1 is 1.26 bits per heavy atom. The monoisotopic (exact) mass is 419 g/mol. The van der Waals surface area contributed by atoms with Crippen molar-refractivity contribution in [2.45, 2.75) is 13.5 Å². The zero-order valence-electron chi connectivity index (χ0n) is 14.9. The van der Waals surface area contributed by atoms with Crippen LogP contribution in [0.1, 0.15) is 18.1 Å². The molecule has 1 aliphatic rings. The Hall–Kier alpha value is -1.89. The molecule has 0 fully saturated rings. The molecule has 0 aromatic heterocycles. The molecule has 0 spiro atoms. The van der Waals surface area contributed by atoms with Crippen molar-refractivity contribution in [3.8, 4) is 11.5 Å². The van der Waals surface area contributed by atoms with E-state index in [-0.39, 0.29) is 5.12 Å². The molecule has 0 atom stereocenters. The molecule has 0 aliphatic carbocycles. The van der Waals surface area contributed by atoms with Crippen LogP contribution in [0.2, 0.25) is 5.02 Å². The minimum Gasteiger partial charge on any atom is -0.493 e. The number of benzene rings is 2. The summed E-state index contributed by atoms with van der Waals surface area (Å²) in [5.74, 6) is 1.86. The van der Waals surface area contributed by atoms with Gasteiger partial charge in [-0.3, -0.25) is 4.79 Å². The second kappa shape index (κ2) is 9.35. The molecule has 4 nitrogen and oxygen atoms in total. The van der Waals surface area contributed by atoms with Crippen molar-refractivity contribution in [3.63, 3.8) is 0 Å². The summed E-state index contributed by atoms with van der Waals surface area (Å²) in [6.07, 6.45) is 1.72. The normalized spacial score (nSPS) is 15.1. The second-order valence-corrected chi connectivity index (χ2v) is 8.42. The van der Waals surface area contributed by atoms with Gasteiger partial charge in [0.2, 0.25) is 5.12 Å². The zero-order chi connectivity index (χ0) is 19.2. The van der Waals surface area contributed by atoms with Crippen molar-refractivity contribution in [1.29, 1.82) is 0 Å². The number of rotatable bonds is 6. The van der Waals surface area contributed by atoms with Crippen molar-refractivity contribution < 1.29 is 14.3 Å². The number of carbonyl (C=O) groups is 1. The first-order chi connectivity index (χ1) is 13.1. The van der Waals surface area contributed by atoms with E-state index in [4.69, 9.17) is 21.1 Å². The first kappa shape index (κ1) is 19.9. The number of aliphatic imine (C=N–C) groups is 1. The Bertz CT molecular complexity index is 898. The van der Waals surface area contributed by atoms with E-state index in [9.17, 15) is 4.79 Å². The number of carbonyl (C=O) groups excluding carboxylic acids is 1. The summed E-state index contributed by atoms with van der Waals surface area (Å²) in [7, 11) is 1.56. The first-order valence-electron chi connectivity index (χ1n) is 8.30. The van der Waals surface area contributed by atoms with Gasteiger partial charge in [0, 0.05) is 0 Å². The number of halogens is 1. The van der Waals surface area contributed by atoms with Crippen LogP contribution in [0.4, 0.5) is 0 Å². The van der Waals surface area contributed by atoms with Crippen LogP contribution in [0.25, 0.3) is 6.08 Å². The maximum absolute atomic E-state index is 12.1. The highest BCUT2D eigenvalue weighted by atomic mass is 35.5. The molecular formula is C20H18ClNO3S2. The summed E-state index contributed by atoms with van der Waals surface area (Å²) in [6.45, 7) is 2.41. The lowest BCUT2D eigenvalue weighted by molar-refractivity contribution is -0.107. The van der Waals surface area contributed by atoms with E-state index in [2.05, 4.69) is 4.99 Å². The van der Waals surface area contributed by atoms with Crippen molar-refractivity contribution in [2.75, 3.05) is 12.9 Å². The predicted molar refractivity (Wildman–Crippen MR) is 115 cm³/mol. The number of ether oxygens (including phenoxy) is 2.